The number of rotatable bonds is 4. The fraction of sp³-hybridized carbons (Fsp3) is 0.417. The van der Waals surface area contributed by atoms with E-state index in [2.05, 4.69) is 0 Å². The first-order valence-electron chi connectivity index (χ1n) is 5.24. The van der Waals surface area contributed by atoms with Crippen molar-refractivity contribution in [2.75, 3.05) is 13.7 Å². The zero-order valence-electron chi connectivity index (χ0n) is 10.1. The summed E-state index contributed by atoms with van der Waals surface area (Å²) >= 11 is 0. The van der Waals surface area contributed by atoms with Gasteiger partial charge in [-0.25, -0.2) is 4.39 Å². The Bertz CT molecular complexity index is 420. The van der Waals surface area contributed by atoms with Gasteiger partial charge < -0.3 is 14.6 Å². The number of ether oxygens (including phenoxy) is 2. The van der Waals surface area contributed by atoms with Crippen LogP contribution in [0.2, 0.25) is 0 Å². The van der Waals surface area contributed by atoms with Gasteiger partial charge >= 0.3 is 0 Å². The van der Waals surface area contributed by atoms with Gasteiger partial charge in [-0.15, -0.1) is 0 Å². The number of hydrogen-bond donors (Lipinski definition) is 2. The Morgan fingerprint density at radius 1 is 1.53 bits per heavy atom. The number of halogens is 1. The molecule has 17 heavy (non-hydrogen) atoms. The Hall–Kier alpha value is -1.62. The summed E-state index contributed by atoms with van der Waals surface area (Å²) in [5.74, 6) is -0.950. The lowest BCUT2D eigenvalue weighted by Gasteiger charge is -2.16. The van der Waals surface area contributed by atoms with Crippen LogP contribution in [0.1, 0.15) is 24.2 Å². The summed E-state index contributed by atoms with van der Waals surface area (Å²) in [4.78, 5) is 0. The van der Waals surface area contributed by atoms with Crippen molar-refractivity contribution in [3.63, 3.8) is 0 Å². The quantitative estimate of drug-likeness (QED) is 0.627. The van der Waals surface area contributed by atoms with Crippen LogP contribution >= 0.6 is 0 Å². The molecule has 0 bridgehead atoms. The van der Waals surface area contributed by atoms with Gasteiger partial charge in [0.05, 0.1) is 13.7 Å². The molecule has 0 saturated carbocycles. The number of aliphatic hydroxyl groups excluding tert-OH is 1. The Balaban J connectivity index is 3.15. The number of aliphatic hydroxyl groups is 1. The van der Waals surface area contributed by atoms with Crippen LogP contribution < -0.4 is 4.74 Å². The third-order valence-corrected chi connectivity index (χ3v) is 2.26. The van der Waals surface area contributed by atoms with Gasteiger partial charge in [0, 0.05) is 5.56 Å². The van der Waals surface area contributed by atoms with E-state index in [0.29, 0.717) is 5.56 Å². The van der Waals surface area contributed by atoms with Crippen LogP contribution in [0.15, 0.2) is 12.1 Å². The first kappa shape index (κ1) is 13.4. The van der Waals surface area contributed by atoms with E-state index in [1.165, 1.54) is 13.2 Å². The van der Waals surface area contributed by atoms with E-state index < -0.39 is 11.9 Å². The highest BCUT2D eigenvalue weighted by atomic mass is 19.1. The highest BCUT2D eigenvalue weighted by Crippen LogP contribution is 2.30. The van der Waals surface area contributed by atoms with Crippen LogP contribution in [0, 0.1) is 18.2 Å². The molecule has 1 rings (SSSR count). The maximum atomic E-state index is 13.6. The number of benzene rings is 1. The molecular formula is C12H16FNO3. The molecular weight excluding hydrogens is 225 g/mol. The lowest BCUT2D eigenvalue weighted by molar-refractivity contribution is 0.186. The van der Waals surface area contributed by atoms with Crippen molar-refractivity contribution in [2.45, 2.75) is 20.0 Å². The second-order valence-corrected chi connectivity index (χ2v) is 3.57. The second kappa shape index (κ2) is 5.63. The van der Waals surface area contributed by atoms with Crippen molar-refractivity contribution in [1.82, 2.24) is 0 Å². The molecule has 0 aliphatic heterocycles. The van der Waals surface area contributed by atoms with E-state index in [9.17, 15) is 9.50 Å². The molecule has 1 atom stereocenters. The molecule has 0 aliphatic rings. The summed E-state index contributed by atoms with van der Waals surface area (Å²) in [5.41, 5.74) is 0.838. The van der Waals surface area contributed by atoms with E-state index >= 15 is 0 Å². The Morgan fingerprint density at radius 3 is 2.71 bits per heavy atom. The monoisotopic (exact) mass is 241 g/mol. The summed E-state index contributed by atoms with van der Waals surface area (Å²) in [7, 11) is 1.31. The summed E-state index contributed by atoms with van der Waals surface area (Å²) in [6.07, 6.45) is -1.32. The molecule has 0 fully saturated rings. The lowest BCUT2D eigenvalue weighted by Crippen LogP contribution is -2.16. The molecule has 4 nitrogen and oxygen atoms in total. The maximum Gasteiger partial charge on any atom is 0.215 e. The molecule has 0 aliphatic carbocycles. The van der Waals surface area contributed by atoms with E-state index in [4.69, 9.17) is 14.9 Å². The third kappa shape index (κ3) is 2.94. The molecule has 1 aromatic carbocycles. The van der Waals surface area contributed by atoms with Gasteiger partial charge in [-0.1, -0.05) is 0 Å². The molecule has 1 unspecified atom stereocenters. The molecule has 0 radical (unpaired) electrons. The molecule has 2 N–H and O–H groups in total. The van der Waals surface area contributed by atoms with Crippen LogP contribution in [0.25, 0.3) is 0 Å². The molecule has 0 spiro atoms. The van der Waals surface area contributed by atoms with Gasteiger partial charge in [0.1, 0.15) is 0 Å². The highest BCUT2D eigenvalue weighted by molar-refractivity contribution is 5.80. The van der Waals surface area contributed by atoms with E-state index in [0.717, 1.165) is 0 Å². The minimum Gasteiger partial charge on any atom is -0.493 e. The summed E-state index contributed by atoms with van der Waals surface area (Å²) in [6.45, 7) is 3.67. The predicted molar refractivity (Wildman–Crippen MR) is 62.0 cm³/mol. The van der Waals surface area contributed by atoms with Gasteiger partial charge in [-0.05, 0) is 31.5 Å². The second-order valence-electron chi connectivity index (χ2n) is 3.57. The van der Waals surface area contributed by atoms with Crippen molar-refractivity contribution in [3.8, 4) is 5.75 Å². The standard InChI is InChI=1S/C12H16FNO3/c1-4-17-12(14)10(15)8-5-7(2)6-9(13)11(8)16-3/h5-6,10,14-15H,4H2,1-3H3. The van der Waals surface area contributed by atoms with Crippen LogP contribution in [0.5, 0.6) is 5.75 Å². The van der Waals surface area contributed by atoms with E-state index in [1.54, 1.807) is 19.9 Å². The molecule has 0 heterocycles. The van der Waals surface area contributed by atoms with Gasteiger partial charge in [0.2, 0.25) is 5.90 Å². The Kier molecular flexibility index (Phi) is 4.45. The summed E-state index contributed by atoms with van der Waals surface area (Å²) in [5, 5.41) is 17.4. The molecule has 0 aromatic heterocycles. The van der Waals surface area contributed by atoms with Crippen LogP contribution in [-0.2, 0) is 4.74 Å². The van der Waals surface area contributed by atoms with Gasteiger partial charge in [-0.3, -0.25) is 5.41 Å². The average Bonchev–Trinajstić information content (AvgIpc) is 2.27. The SMILES string of the molecule is CCOC(=N)C(O)c1cc(C)cc(F)c1OC. The first-order chi connectivity index (χ1) is 8.01. The normalized spacial score (nSPS) is 12.1. The zero-order chi connectivity index (χ0) is 13.0. The fourth-order valence-corrected chi connectivity index (χ4v) is 1.55. The molecule has 0 saturated heterocycles. The van der Waals surface area contributed by atoms with Crippen molar-refractivity contribution in [1.29, 1.82) is 5.41 Å². The molecule has 1 aromatic rings. The zero-order valence-corrected chi connectivity index (χ0v) is 10.1. The van der Waals surface area contributed by atoms with Crippen molar-refractivity contribution >= 4 is 5.90 Å². The van der Waals surface area contributed by atoms with Crippen molar-refractivity contribution in [2.24, 2.45) is 0 Å². The maximum absolute atomic E-state index is 13.6. The van der Waals surface area contributed by atoms with Crippen LogP contribution in [-0.4, -0.2) is 24.7 Å². The Morgan fingerprint density at radius 2 is 2.18 bits per heavy atom. The molecule has 94 valence electrons. The minimum absolute atomic E-state index is 0.0625. The number of aryl methyl sites for hydroxylation is 1. The van der Waals surface area contributed by atoms with Gasteiger partial charge in [0.25, 0.3) is 0 Å². The smallest absolute Gasteiger partial charge is 0.215 e. The number of methoxy groups -OCH3 is 1. The fourth-order valence-electron chi connectivity index (χ4n) is 1.55. The summed E-state index contributed by atoms with van der Waals surface area (Å²) in [6, 6.07) is 2.87. The van der Waals surface area contributed by atoms with Gasteiger partial charge in [0.15, 0.2) is 17.7 Å². The minimum atomic E-state index is -1.32. The third-order valence-electron chi connectivity index (χ3n) is 2.26. The van der Waals surface area contributed by atoms with Crippen LogP contribution in [0.3, 0.4) is 0 Å². The van der Waals surface area contributed by atoms with Crippen molar-refractivity contribution in [3.05, 3.63) is 29.1 Å². The van der Waals surface area contributed by atoms with E-state index in [-0.39, 0.29) is 23.8 Å². The summed E-state index contributed by atoms with van der Waals surface area (Å²) < 4.78 is 23.4. The highest BCUT2D eigenvalue weighted by Gasteiger charge is 2.22. The number of hydrogen-bond acceptors (Lipinski definition) is 4. The Labute approximate surface area is 99.5 Å². The largest absolute Gasteiger partial charge is 0.493 e. The number of nitrogens with one attached hydrogen (secondary N) is 1. The molecule has 0 amide bonds. The topological polar surface area (TPSA) is 62.5 Å². The van der Waals surface area contributed by atoms with Crippen LogP contribution in [0.4, 0.5) is 4.39 Å². The average molecular weight is 241 g/mol. The van der Waals surface area contributed by atoms with Crippen molar-refractivity contribution < 1.29 is 19.0 Å². The van der Waals surface area contributed by atoms with Gasteiger partial charge in [-0.2, -0.15) is 0 Å². The van der Waals surface area contributed by atoms with E-state index in [1.807, 2.05) is 0 Å². The molecule has 5 heteroatoms. The first-order valence-corrected chi connectivity index (χ1v) is 5.24. The lowest BCUT2D eigenvalue weighted by atomic mass is 10.0. The predicted octanol–water partition coefficient (Wildman–Crippen LogP) is 2.19.